The lowest BCUT2D eigenvalue weighted by atomic mass is 9.92. The second-order valence-electron chi connectivity index (χ2n) is 5.27. The van der Waals surface area contributed by atoms with Gasteiger partial charge in [-0.05, 0) is 38.5 Å². The van der Waals surface area contributed by atoms with Gasteiger partial charge in [0.1, 0.15) is 11.4 Å². The maximum Gasteiger partial charge on any atom is 0.140 e. The second-order valence-corrected chi connectivity index (χ2v) is 5.27. The molecule has 0 aromatic carbocycles. The third-order valence-electron chi connectivity index (χ3n) is 4.22. The molecule has 2 rings (SSSR count). The molecule has 0 amide bonds. The van der Waals surface area contributed by atoms with Gasteiger partial charge >= 0.3 is 0 Å². The van der Waals surface area contributed by atoms with Crippen LogP contribution in [0.2, 0.25) is 0 Å². The lowest BCUT2D eigenvalue weighted by Crippen LogP contribution is -2.29. The topological polar surface area (TPSA) is 38.1 Å². The van der Waals surface area contributed by atoms with Gasteiger partial charge in [-0.3, -0.25) is 0 Å². The Labute approximate surface area is 104 Å². The molecule has 3 nitrogen and oxygen atoms in total. The van der Waals surface area contributed by atoms with Crippen molar-refractivity contribution in [2.24, 2.45) is 5.92 Å². The van der Waals surface area contributed by atoms with Crippen LogP contribution in [-0.2, 0) is 12.1 Å². The highest BCUT2D eigenvalue weighted by Crippen LogP contribution is 2.37. The minimum atomic E-state index is -0.691. The van der Waals surface area contributed by atoms with Crippen molar-refractivity contribution in [3.05, 3.63) is 18.2 Å². The number of nitrogens with zero attached hydrogens (tertiary/aromatic N) is 2. The van der Waals surface area contributed by atoms with E-state index < -0.39 is 5.60 Å². The number of rotatable bonds is 3. The van der Waals surface area contributed by atoms with Gasteiger partial charge < -0.3 is 9.67 Å². The van der Waals surface area contributed by atoms with E-state index >= 15 is 0 Å². The highest BCUT2D eigenvalue weighted by atomic mass is 16.3. The molecule has 1 N–H and O–H groups in total. The highest BCUT2D eigenvalue weighted by molar-refractivity contribution is 5.06. The van der Waals surface area contributed by atoms with E-state index in [1.165, 1.54) is 12.8 Å². The number of hydrogen-bond acceptors (Lipinski definition) is 2. The summed E-state index contributed by atoms with van der Waals surface area (Å²) in [5.74, 6) is 1.66. The SMILES string of the molecule is CCC1CCCC(O)(c2nccn2CC)CC1. The third-order valence-corrected chi connectivity index (χ3v) is 4.22. The second kappa shape index (κ2) is 5.21. The Morgan fingerprint density at radius 2 is 2.24 bits per heavy atom. The molecule has 1 aliphatic rings. The molecule has 1 saturated carbocycles. The number of hydrogen-bond donors (Lipinski definition) is 1. The zero-order valence-electron chi connectivity index (χ0n) is 11.0. The van der Waals surface area contributed by atoms with Crippen LogP contribution < -0.4 is 0 Å². The molecule has 0 saturated heterocycles. The normalized spacial score (nSPS) is 30.2. The first-order valence-electron chi connectivity index (χ1n) is 6.93. The molecule has 1 heterocycles. The van der Waals surface area contributed by atoms with Crippen molar-refractivity contribution in [1.29, 1.82) is 0 Å². The summed E-state index contributed by atoms with van der Waals surface area (Å²) in [5, 5.41) is 10.9. The van der Waals surface area contributed by atoms with Gasteiger partial charge in [-0.1, -0.05) is 19.8 Å². The fraction of sp³-hybridized carbons (Fsp3) is 0.786. The van der Waals surface area contributed by atoms with Crippen molar-refractivity contribution in [3.8, 4) is 0 Å². The molecule has 1 aliphatic carbocycles. The van der Waals surface area contributed by atoms with E-state index in [9.17, 15) is 5.11 Å². The van der Waals surface area contributed by atoms with Crippen molar-refractivity contribution >= 4 is 0 Å². The zero-order chi connectivity index (χ0) is 12.3. The van der Waals surface area contributed by atoms with Crippen molar-refractivity contribution < 1.29 is 5.11 Å². The summed E-state index contributed by atoms with van der Waals surface area (Å²) in [4.78, 5) is 4.39. The lowest BCUT2D eigenvalue weighted by molar-refractivity contribution is 0.00758. The minimum Gasteiger partial charge on any atom is -0.382 e. The molecular weight excluding hydrogens is 212 g/mol. The summed E-state index contributed by atoms with van der Waals surface area (Å²) < 4.78 is 2.08. The molecule has 0 radical (unpaired) electrons. The average molecular weight is 236 g/mol. The van der Waals surface area contributed by atoms with E-state index in [1.54, 1.807) is 6.20 Å². The van der Waals surface area contributed by atoms with Crippen LogP contribution in [0.15, 0.2) is 12.4 Å². The van der Waals surface area contributed by atoms with Crippen LogP contribution in [0.5, 0.6) is 0 Å². The standard InChI is InChI=1S/C14H24N2O/c1-3-12-6-5-8-14(17,9-7-12)13-15-10-11-16(13)4-2/h10-12,17H,3-9H2,1-2H3. The van der Waals surface area contributed by atoms with Crippen LogP contribution in [0.25, 0.3) is 0 Å². The molecule has 3 heteroatoms. The molecule has 0 spiro atoms. The van der Waals surface area contributed by atoms with Gasteiger partial charge in [0.05, 0.1) is 0 Å². The van der Waals surface area contributed by atoms with E-state index in [1.807, 2.05) is 6.20 Å². The molecule has 17 heavy (non-hydrogen) atoms. The molecule has 2 atom stereocenters. The molecule has 1 aromatic rings. The zero-order valence-corrected chi connectivity index (χ0v) is 11.0. The maximum atomic E-state index is 10.9. The quantitative estimate of drug-likeness (QED) is 0.819. The minimum absolute atomic E-state index is 0.691. The van der Waals surface area contributed by atoms with Gasteiger partial charge in [-0.2, -0.15) is 0 Å². The molecular formula is C14H24N2O. The van der Waals surface area contributed by atoms with Gasteiger partial charge in [-0.15, -0.1) is 0 Å². The molecule has 2 unspecified atom stereocenters. The van der Waals surface area contributed by atoms with Crippen LogP contribution in [0.3, 0.4) is 0 Å². The summed E-state index contributed by atoms with van der Waals surface area (Å²) in [6.45, 7) is 5.23. The monoisotopic (exact) mass is 236 g/mol. The van der Waals surface area contributed by atoms with Crippen LogP contribution in [0.4, 0.5) is 0 Å². The first-order chi connectivity index (χ1) is 8.19. The Balaban J connectivity index is 2.18. The summed E-state index contributed by atoms with van der Waals surface area (Å²) in [5.41, 5.74) is -0.691. The number of aromatic nitrogens is 2. The Bertz CT molecular complexity index is 361. The molecule has 1 aromatic heterocycles. The van der Waals surface area contributed by atoms with Crippen LogP contribution in [-0.4, -0.2) is 14.7 Å². The Hall–Kier alpha value is -0.830. The fourth-order valence-corrected chi connectivity index (χ4v) is 3.00. The van der Waals surface area contributed by atoms with Gasteiger partial charge in [0.2, 0.25) is 0 Å². The number of aliphatic hydroxyl groups is 1. The summed E-state index contributed by atoms with van der Waals surface area (Å²) in [6.07, 6.45) is 10.2. The first-order valence-corrected chi connectivity index (χ1v) is 6.93. The van der Waals surface area contributed by atoms with Crippen molar-refractivity contribution in [2.75, 3.05) is 0 Å². The van der Waals surface area contributed by atoms with E-state index in [4.69, 9.17) is 0 Å². The average Bonchev–Trinajstić information content (AvgIpc) is 2.74. The van der Waals surface area contributed by atoms with E-state index in [0.29, 0.717) is 0 Å². The largest absolute Gasteiger partial charge is 0.382 e. The third kappa shape index (κ3) is 2.54. The summed E-state index contributed by atoms with van der Waals surface area (Å²) in [7, 11) is 0. The van der Waals surface area contributed by atoms with Crippen LogP contribution >= 0.6 is 0 Å². The van der Waals surface area contributed by atoms with Gasteiger partial charge in [0.15, 0.2) is 0 Å². The van der Waals surface area contributed by atoms with Crippen molar-refractivity contribution in [3.63, 3.8) is 0 Å². The fourth-order valence-electron chi connectivity index (χ4n) is 3.00. The number of imidazole rings is 1. The molecule has 1 fully saturated rings. The van der Waals surface area contributed by atoms with E-state index in [2.05, 4.69) is 23.4 Å². The maximum absolute atomic E-state index is 10.9. The predicted octanol–water partition coefficient (Wildman–Crippen LogP) is 3.08. The first kappa shape index (κ1) is 12.6. The van der Waals surface area contributed by atoms with E-state index in [-0.39, 0.29) is 0 Å². The summed E-state index contributed by atoms with van der Waals surface area (Å²) >= 11 is 0. The van der Waals surface area contributed by atoms with Gasteiger partial charge in [-0.25, -0.2) is 4.98 Å². The van der Waals surface area contributed by atoms with Crippen molar-refractivity contribution in [1.82, 2.24) is 9.55 Å². The van der Waals surface area contributed by atoms with Gasteiger partial charge in [0.25, 0.3) is 0 Å². The van der Waals surface area contributed by atoms with Crippen LogP contribution in [0, 0.1) is 5.92 Å². The Kier molecular flexibility index (Phi) is 3.87. The lowest BCUT2D eigenvalue weighted by Gasteiger charge is -2.26. The smallest absolute Gasteiger partial charge is 0.140 e. The Morgan fingerprint density at radius 1 is 1.41 bits per heavy atom. The van der Waals surface area contributed by atoms with Gasteiger partial charge in [0, 0.05) is 18.9 Å². The van der Waals surface area contributed by atoms with E-state index in [0.717, 1.165) is 44.0 Å². The van der Waals surface area contributed by atoms with Crippen molar-refractivity contribution in [2.45, 2.75) is 64.5 Å². The highest BCUT2D eigenvalue weighted by Gasteiger charge is 2.35. The molecule has 0 bridgehead atoms. The molecule has 96 valence electrons. The molecule has 0 aliphatic heterocycles. The predicted molar refractivity (Wildman–Crippen MR) is 68.7 cm³/mol. The van der Waals surface area contributed by atoms with Crippen LogP contribution in [0.1, 0.15) is 58.2 Å². The summed E-state index contributed by atoms with van der Waals surface area (Å²) in [6, 6.07) is 0. The number of aryl methyl sites for hydroxylation is 1. The Morgan fingerprint density at radius 3 is 2.94 bits per heavy atom.